The molecule has 1 unspecified atom stereocenters. The van der Waals surface area contributed by atoms with Crippen molar-refractivity contribution in [2.45, 2.75) is 11.7 Å². The Bertz CT molecular complexity index is 919. The summed E-state index contributed by atoms with van der Waals surface area (Å²) in [4.78, 5) is 0. The van der Waals surface area contributed by atoms with E-state index in [1.807, 2.05) is 0 Å². The number of hydrogen-bond acceptors (Lipinski definition) is 2. The van der Waals surface area contributed by atoms with E-state index in [4.69, 9.17) is 28.6 Å². The van der Waals surface area contributed by atoms with E-state index in [1.165, 1.54) is 25.3 Å². The van der Waals surface area contributed by atoms with Crippen molar-refractivity contribution in [1.29, 1.82) is 0 Å². The largest absolute Gasteiger partial charge is 0.497 e. The summed E-state index contributed by atoms with van der Waals surface area (Å²) in [6.45, 7) is 0. The molecule has 0 bridgehead atoms. The molecule has 0 saturated heterocycles. The van der Waals surface area contributed by atoms with E-state index < -0.39 is 11.7 Å². The molecule has 2 N–H and O–H groups in total. The maximum Gasteiger partial charge on any atom is 0.427 e. The molecule has 3 nitrogen and oxygen atoms in total. The van der Waals surface area contributed by atoms with Crippen LogP contribution in [-0.2, 0) is 5.54 Å². The van der Waals surface area contributed by atoms with Gasteiger partial charge in [-0.15, -0.1) is 0 Å². The molecule has 1 aliphatic rings. The fourth-order valence-corrected chi connectivity index (χ4v) is 3.00. The Labute approximate surface area is 158 Å². The lowest BCUT2D eigenvalue weighted by molar-refractivity contribution is -0.177. The zero-order valence-electron chi connectivity index (χ0n) is 13.4. The minimum absolute atomic E-state index is 0.132. The van der Waals surface area contributed by atoms with Crippen molar-refractivity contribution < 1.29 is 17.9 Å². The molecule has 0 saturated carbocycles. The van der Waals surface area contributed by atoms with E-state index in [-0.39, 0.29) is 21.4 Å². The van der Waals surface area contributed by atoms with E-state index in [2.05, 4.69) is 22.5 Å². The predicted molar refractivity (Wildman–Crippen MR) is 98.4 cm³/mol. The van der Waals surface area contributed by atoms with Gasteiger partial charge < -0.3 is 15.4 Å². The fourth-order valence-electron chi connectivity index (χ4n) is 2.56. The molecule has 2 aromatic carbocycles. The van der Waals surface area contributed by atoms with Crippen LogP contribution in [0.3, 0.4) is 0 Å². The summed E-state index contributed by atoms with van der Waals surface area (Å²) < 4.78 is 47.3. The summed E-state index contributed by atoms with van der Waals surface area (Å²) in [5.74, 6) is 5.49. The molecule has 1 heterocycles. The molecule has 1 atom stereocenters. The number of halogens is 4. The quantitative estimate of drug-likeness (QED) is 0.551. The monoisotopic (exact) mass is 396 g/mol. The number of anilines is 1. The summed E-state index contributed by atoms with van der Waals surface area (Å²) >= 11 is 10.9. The number of hydrogen-bond donors (Lipinski definition) is 2. The number of fused-ring (bicyclic) bond motifs is 1. The van der Waals surface area contributed by atoms with E-state index in [0.717, 1.165) is 0 Å². The fraction of sp³-hybridized carbons (Fsp3) is 0.167. The van der Waals surface area contributed by atoms with Crippen molar-refractivity contribution in [2.75, 3.05) is 12.4 Å². The summed E-state index contributed by atoms with van der Waals surface area (Å²) in [6.07, 6.45) is -4.74. The van der Waals surface area contributed by atoms with Crippen molar-refractivity contribution in [3.63, 3.8) is 0 Å². The SMILES string of the molecule is COc1ccc(C#CC2(C(F)(F)F)NC(=S)Nc3ccc(Cl)cc32)cc1. The average molecular weight is 397 g/mol. The smallest absolute Gasteiger partial charge is 0.427 e. The highest BCUT2D eigenvalue weighted by Gasteiger charge is 2.58. The average Bonchev–Trinajstić information content (AvgIpc) is 2.59. The zero-order chi connectivity index (χ0) is 18.9. The number of ether oxygens (including phenoxy) is 1. The maximum absolute atomic E-state index is 14.1. The Morgan fingerprint density at radius 3 is 2.46 bits per heavy atom. The summed E-state index contributed by atoms with van der Waals surface area (Å²) in [5.41, 5.74) is -2.19. The van der Waals surface area contributed by atoms with Gasteiger partial charge in [0, 0.05) is 21.8 Å². The normalized spacial score (nSPS) is 18.7. The predicted octanol–water partition coefficient (Wildman–Crippen LogP) is 4.46. The van der Waals surface area contributed by atoms with Crippen LogP contribution in [0, 0.1) is 11.8 Å². The van der Waals surface area contributed by atoms with Crippen LogP contribution in [0.2, 0.25) is 5.02 Å². The highest BCUT2D eigenvalue weighted by atomic mass is 35.5. The zero-order valence-corrected chi connectivity index (χ0v) is 14.9. The van der Waals surface area contributed by atoms with Crippen LogP contribution in [0.25, 0.3) is 0 Å². The molecular formula is C18H12ClF3N2OS. The van der Waals surface area contributed by atoms with Crippen LogP contribution in [0.4, 0.5) is 18.9 Å². The van der Waals surface area contributed by atoms with Crippen molar-refractivity contribution in [3.05, 3.63) is 58.6 Å². The van der Waals surface area contributed by atoms with E-state index >= 15 is 0 Å². The second kappa shape index (κ2) is 6.71. The number of nitrogens with one attached hydrogen (secondary N) is 2. The molecule has 0 aliphatic carbocycles. The minimum atomic E-state index is -4.74. The van der Waals surface area contributed by atoms with Gasteiger partial charge in [-0.2, -0.15) is 13.2 Å². The molecule has 0 aromatic heterocycles. The third-order valence-corrected chi connectivity index (χ3v) is 4.28. The van der Waals surface area contributed by atoms with Gasteiger partial charge in [-0.25, -0.2) is 0 Å². The van der Waals surface area contributed by atoms with Gasteiger partial charge in [-0.3, -0.25) is 0 Å². The third-order valence-electron chi connectivity index (χ3n) is 3.84. The van der Waals surface area contributed by atoms with Gasteiger partial charge in [0.05, 0.1) is 7.11 Å². The Morgan fingerprint density at radius 2 is 1.85 bits per heavy atom. The van der Waals surface area contributed by atoms with Crippen LogP contribution in [0.15, 0.2) is 42.5 Å². The summed E-state index contributed by atoms with van der Waals surface area (Å²) in [7, 11) is 1.50. The Balaban J connectivity index is 2.17. The van der Waals surface area contributed by atoms with E-state index in [0.29, 0.717) is 11.3 Å². The molecule has 26 heavy (non-hydrogen) atoms. The molecule has 8 heteroatoms. The van der Waals surface area contributed by atoms with E-state index in [1.54, 1.807) is 24.3 Å². The molecule has 3 rings (SSSR count). The van der Waals surface area contributed by atoms with Gasteiger partial charge in [0.2, 0.25) is 5.54 Å². The lowest BCUT2D eigenvalue weighted by atomic mass is 9.86. The van der Waals surface area contributed by atoms with Crippen molar-refractivity contribution in [3.8, 4) is 17.6 Å². The topological polar surface area (TPSA) is 33.3 Å². The standard InChI is InChI=1S/C18H12ClF3N2OS/c1-25-13-5-2-11(3-6-13)8-9-17(18(20,21)22)14-10-12(19)4-7-15(14)23-16(26)24-17/h2-7,10H,1H3,(H2,23,24,26). The van der Waals surface area contributed by atoms with Crippen LogP contribution in [0.5, 0.6) is 5.75 Å². The lowest BCUT2D eigenvalue weighted by Crippen LogP contribution is -2.59. The number of thiocarbonyl (C=S) groups is 1. The Hall–Kier alpha value is -2.43. The van der Waals surface area contributed by atoms with Gasteiger partial charge in [0.1, 0.15) is 5.75 Å². The molecule has 0 fully saturated rings. The second-order valence-electron chi connectivity index (χ2n) is 5.50. The molecule has 2 aromatic rings. The highest BCUT2D eigenvalue weighted by molar-refractivity contribution is 7.80. The second-order valence-corrected chi connectivity index (χ2v) is 6.34. The first-order valence-corrected chi connectivity index (χ1v) is 8.17. The molecule has 0 spiro atoms. The van der Waals surface area contributed by atoms with Crippen LogP contribution < -0.4 is 15.4 Å². The highest BCUT2D eigenvalue weighted by Crippen LogP contribution is 2.44. The molecular weight excluding hydrogens is 385 g/mol. The number of benzene rings is 2. The molecule has 0 amide bonds. The summed E-state index contributed by atoms with van der Waals surface area (Å²) in [6, 6.07) is 10.6. The van der Waals surface area contributed by atoms with Gasteiger partial charge in [0.15, 0.2) is 5.11 Å². The van der Waals surface area contributed by atoms with Crippen molar-refractivity contribution in [1.82, 2.24) is 5.32 Å². The van der Waals surface area contributed by atoms with Crippen LogP contribution in [0.1, 0.15) is 11.1 Å². The summed E-state index contributed by atoms with van der Waals surface area (Å²) in [5, 5.41) is 4.99. The minimum Gasteiger partial charge on any atom is -0.497 e. The Morgan fingerprint density at radius 1 is 1.15 bits per heavy atom. The van der Waals surface area contributed by atoms with Gasteiger partial charge in [0.25, 0.3) is 0 Å². The van der Waals surface area contributed by atoms with Gasteiger partial charge in [-0.05, 0) is 54.7 Å². The lowest BCUT2D eigenvalue weighted by Gasteiger charge is -2.38. The number of methoxy groups -OCH3 is 1. The number of rotatable bonds is 1. The van der Waals surface area contributed by atoms with Crippen molar-refractivity contribution in [2.24, 2.45) is 0 Å². The molecule has 134 valence electrons. The van der Waals surface area contributed by atoms with Gasteiger partial charge in [-0.1, -0.05) is 23.4 Å². The number of alkyl halides is 3. The molecule has 1 aliphatic heterocycles. The maximum atomic E-state index is 14.1. The Kier molecular flexibility index (Phi) is 4.74. The van der Waals surface area contributed by atoms with Gasteiger partial charge >= 0.3 is 6.18 Å². The van der Waals surface area contributed by atoms with Crippen LogP contribution in [-0.4, -0.2) is 18.4 Å². The van der Waals surface area contributed by atoms with Crippen LogP contribution >= 0.6 is 23.8 Å². The third kappa shape index (κ3) is 3.30. The first-order valence-electron chi connectivity index (χ1n) is 7.38. The first-order chi connectivity index (χ1) is 12.2. The molecule has 0 radical (unpaired) electrons. The van der Waals surface area contributed by atoms with Crippen molar-refractivity contribution >= 4 is 34.6 Å². The first kappa shape index (κ1) is 18.4. The van der Waals surface area contributed by atoms with E-state index in [9.17, 15) is 13.2 Å².